The SMILES string of the molecule is C=CCC1=C(c2cccs2)C(c2ccccc2)C(C#N)(C#N)C1. The molecule has 1 aromatic heterocycles. The first-order valence-corrected chi connectivity index (χ1v) is 8.38. The molecule has 23 heavy (non-hydrogen) atoms. The summed E-state index contributed by atoms with van der Waals surface area (Å²) in [6.07, 6.45) is 3.05. The lowest BCUT2D eigenvalue weighted by atomic mass is 9.73. The lowest BCUT2D eigenvalue weighted by Crippen LogP contribution is -2.22. The van der Waals surface area contributed by atoms with Crippen molar-refractivity contribution in [1.82, 2.24) is 0 Å². The van der Waals surface area contributed by atoms with Gasteiger partial charge in [-0.05, 0) is 29.0 Å². The van der Waals surface area contributed by atoms with Crippen LogP contribution in [0.4, 0.5) is 0 Å². The van der Waals surface area contributed by atoms with E-state index in [2.05, 4.69) is 24.8 Å². The highest BCUT2D eigenvalue weighted by Crippen LogP contribution is 2.57. The van der Waals surface area contributed by atoms with Crippen molar-refractivity contribution < 1.29 is 0 Å². The van der Waals surface area contributed by atoms with Gasteiger partial charge in [0, 0.05) is 17.2 Å². The van der Waals surface area contributed by atoms with E-state index in [1.807, 2.05) is 47.9 Å². The molecule has 0 amide bonds. The molecular weight excluding hydrogens is 300 g/mol. The minimum absolute atomic E-state index is 0.215. The molecule has 0 radical (unpaired) electrons. The highest BCUT2D eigenvalue weighted by molar-refractivity contribution is 7.11. The minimum Gasteiger partial charge on any atom is -0.197 e. The first-order valence-electron chi connectivity index (χ1n) is 7.50. The van der Waals surface area contributed by atoms with E-state index in [0.717, 1.165) is 21.6 Å². The third-order valence-electron chi connectivity index (χ3n) is 4.36. The Kier molecular flexibility index (Phi) is 4.15. The van der Waals surface area contributed by atoms with Crippen molar-refractivity contribution in [2.75, 3.05) is 0 Å². The summed E-state index contributed by atoms with van der Waals surface area (Å²) in [7, 11) is 0. The van der Waals surface area contributed by atoms with Crippen molar-refractivity contribution in [2.24, 2.45) is 5.41 Å². The second-order valence-electron chi connectivity index (χ2n) is 5.70. The van der Waals surface area contributed by atoms with E-state index in [0.29, 0.717) is 12.8 Å². The molecule has 3 rings (SSSR count). The van der Waals surface area contributed by atoms with E-state index in [9.17, 15) is 10.5 Å². The molecule has 1 aliphatic carbocycles. The smallest absolute Gasteiger partial charge is 0.158 e. The number of benzene rings is 1. The summed E-state index contributed by atoms with van der Waals surface area (Å²) in [5.74, 6) is -0.215. The maximum Gasteiger partial charge on any atom is 0.158 e. The van der Waals surface area contributed by atoms with Gasteiger partial charge in [0.15, 0.2) is 5.41 Å². The zero-order valence-corrected chi connectivity index (χ0v) is 13.5. The molecule has 1 heterocycles. The monoisotopic (exact) mass is 316 g/mol. The first kappa shape index (κ1) is 15.3. The molecule has 2 nitrogen and oxygen atoms in total. The third kappa shape index (κ3) is 2.50. The van der Waals surface area contributed by atoms with Crippen LogP contribution in [0, 0.1) is 28.1 Å². The maximum absolute atomic E-state index is 9.83. The summed E-state index contributed by atoms with van der Waals surface area (Å²) in [6, 6.07) is 18.6. The number of hydrogen-bond donors (Lipinski definition) is 0. The van der Waals surface area contributed by atoms with Gasteiger partial charge in [-0.2, -0.15) is 10.5 Å². The average Bonchev–Trinajstić information content (AvgIpc) is 3.22. The van der Waals surface area contributed by atoms with Gasteiger partial charge in [0.1, 0.15) is 0 Å². The molecule has 3 heteroatoms. The molecule has 1 aromatic carbocycles. The van der Waals surface area contributed by atoms with Gasteiger partial charge in [-0.15, -0.1) is 17.9 Å². The van der Waals surface area contributed by atoms with Gasteiger partial charge in [-0.1, -0.05) is 48.0 Å². The molecule has 0 saturated carbocycles. The van der Waals surface area contributed by atoms with Gasteiger partial charge in [0.25, 0.3) is 0 Å². The number of nitriles is 2. The molecule has 1 aliphatic rings. The van der Waals surface area contributed by atoms with Crippen LogP contribution in [0.25, 0.3) is 5.57 Å². The number of allylic oxidation sites excluding steroid dienone is 3. The number of thiophene rings is 1. The van der Waals surface area contributed by atoms with Crippen LogP contribution in [0.15, 0.2) is 66.1 Å². The Bertz CT molecular complexity index is 803. The fourth-order valence-electron chi connectivity index (χ4n) is 3.42. The van der Waals surface area contributed by atoms with Gasteiger partial charge in [0.05, 0.1) is 12.1 Å². The van der Waals surface area contributed by atoms with Gasteiger partial charge < -0.3 is 0 Å². The lowest BCUT2D eigenvalue weighted by molar-refractivity contribution is 0.502. The zero-order chi connectivity index (χ0) is 16.3. The Labute approximate surface area is 140 Å². The molecule has 0 aliphatic heterocycles. The van der Waals surface area contributed by atoms with Gasteiger partial charge in [-0.3, -0.25) is 0 Å². The predicted octanol–water partition coefficient (Wildman–Crippen LogP) is 5.30. The minimum atomic E-state index is -1.04. The lowest BCUT2D eigenvalue weighted by Gasteiger charge is -2.24. The van der Waals surface area contributed by atoms with Crippen molar-refractivity contribution >= 4 is 16.9 Å². The quantitative estimate of drug-likeness (QED) is 0.719. The summed E-state index contributed by atoms with van der Waals surface area (Å²) < 4.78 is 0. The molecule has 0 spiro atoms. The van der Waals surface area contributed by atoms with Crippen LogP contribution >= 0.6 is 11.3 Å². The molecule has 112 valence electrons. The Morgan fingerprint density at radius 2 is 1.91 bits per heavy atom. The van der Waals surface area contributed by atoms with Gasteiger partial charge >= 0.3 is 0 Å². The molecule has 0 fully saturated rings. The molecule has 0 N–H and O–H groups in total. The second-order valence-corrected chi connectivity index (χ2v) is 6.65. The highest BCUT2D eigenvalue weighted by atomic mass is 32.1. The zero-order valence-electron chi connectivity index (χ0n) is 12.7. The van der Waals surface area contributed by atoms with Crippen LogP contribution in [0.3, 0.4) is 0 Å². The molecule has 0 saturated heterocycles. The summed E-state index contributed by atoms with van der Waals surface area (Å²) in [5, 5.41) is 21.7. The Morgan fingerprint density at radius 3 is 2.48 bits per heavy atom. The van der Waals surface area contributed by atoms with Crippen molar-refractivity contribution in [1.29, 1.82) is 10.5 Å². The molecule has 2 aromatic rings. The van der Waals surface area contributed by atoms with Crippen LogP contribution < -0.4 is 0 Å². The summed E-state index contributed by atoms with van der Waals surface area (Å²) in [4.78, 5) is 1.14. The fraction of sp³-hybridized carbons (Fsp3) is 0.200. The highest BCUT2D eigenvalue weighted by Gasteiger charge is 2.49. The van der Waals surface area contributed by atoms with E-state index in [1.54, 1.807) is 11.3 Å². The fourth-order valence-corrected chi connectivity index (χ4v) is 4.27. The largest absolute Gasteiger partial charge is 0.197 e. The number of hydrogen-bond acceptors (Lipinski definition) is 3. The van der Waals surface area contributed by atoms with E-state index in [1.165, 1.54) is 0 Å². The van der Waals surface area contributed by atoms with Crippen LogP contribution in [0.5, 0.6) is 0 Å². The van der Waals surface area contributed by atoms with E-state index in [4.69, 9.17) is 0 Å². The van der Waals surface area contributed by atoms with Crippen LogP contribution in [-0.4, -0.2) is 0 Å². The van der Waals surface area contributed by atoms with Crippen LogP contribution in [0.2, 0.25) is 0 Å². The van der Waals surface area contributed by atoms with Crippen molar-refractivity contribution in [3.63, 3.8) is 0 Å². The predicted molar refractivity (Wildman–Crippen MR) is 93.5 cm³/mol. The van der Waals surface area contributed by atoms with Crippen molar-refractivity contribution in [3.05, 3.63) is 76.5 Å². The number of nitrogens with zero attached hydrogens (tertiary/aromatic N) is 2. The standard InChI is InChI=1S/C20H16N2S/c1-2-7-16-12-20(13-21,14-22)19(15-8-4-3-5-9-15)18(16)17-10-6-11-23-17/h2-6,8-11,19H,1,7,12H2. The van der Waals surface area contributed by atoms with Crippen molar-refractivity contribution in [3.8, 4) is 12.1 Å². The second kappa shape index (κ2) is 6.24. The summed E-state index contributed by atoms with van der Waals surface area (Å²) in [5.41, 5.74) is 2.27. The molecule has 1 unspecified atom stereocenters. The van der Waals surface area contributed by atoms with E-state index >= 15 is 0 Å². The van der Waals surface area contributed by atoms with E-state index < -0.39 is 5.41 Å². The maximum atomic E-state index is 9.83. The molecule has 0 bridgehead atoms. The third-order valence-corrected chi connectivity index (χ3v) is 5.27. The van der Waals surface area contributed by atoms with Crippen LogP contribution in [-0.2, 0) is 0 Å². The van der Waals surface area contributed by atoms with Gasteiger partial charge in [0.2, 0.25) is 0 Å². The average molecular weight is 316 g/mol. The van der Waals surface area contributed by atoms with E-state index in [-0.39, 0.29) is 5.92 Å². The normalized spacial score (nSPS) is 19.1. The molecular formula is C20H16N2S. The Hall–Kier alpha value is -2.62. The summed E-state index contributed by atoms with van der Waals surface area (Å²) in [6.45, 7) is 3.84. The topological polar surface area (TPSA) is 47.6 Å². The number of rotatable bonds is 4. The van der Waals surface area contributed by atoms with Gasteiger partial charge in [-0.25, -0.2) is 0 Å². The summed E-state index contributed by atoms with van der Waals surface area (Å²) >= 11 is 1.66. The Balaban J connectivity index is 2.25. The van der Waals surface area contributed by atoms with Crippen LogP contribution in [0.1, 0.15) is 29.2 Å². The first-order chi connectivity index (χ1) is 11.3. The Morgan fingerprint density at radius 1 is 1.17 bits per heavy atom. The van der Waals surface area contributed by atoms with Crippen molar-refractivity contribution in [2.45, 2.75) is 18.8 Å². The molecule has 1 atom stereocenters.